The molecule has 0 spiro atoms. The first-order valence-electron chi connectivity index (χ1n) is 13.2. The topological polar surface area (TPSA) is 55.9 Å². The molecule has 2 unspecified atom stereocenters. The van der Waals surface area contributed by atoms with Crippen LogP contribution in [-0.2, 0) is 13.1 Å². The van der Waals surface area contributed by atoms with Gasteiger partial charge in [0.2, 0.25) is 0 Å². The van der Waals surface area contributed by atoms with Crippen molar-refractivity contribution < 1.29 is 21.2 Å². The second-order valence-electron chi connectivity index (χ2n) is 10.8. The summed E-state index contributed by atoms with van der Waals surface area (Å²) < 4.78 is 0. The Morgan fingerprint density at radius 2 is 1.85 bits per heavy atom. The molecular weight excluding hydrogens is 555 g/mol. The van der Waals surface area contributed by atoms with Crippen LogP contribution in [0.4, 0.5) is 16.2 Å². The fourth-order valence-corrected chi connectivity index (χ4v) is 7.35. The van der Waals surface area contributed by atoms with Gasteiger partial charge in [0.05, 0.1) is 10.7 Å². The van der Waals surface area contributed by atoms with Gasteiger partial charge >= 0.3 is 6.03 Å². The normalized spacial score (nSPS) is 21.0. The molecule has 2 bridgehead atoms. The van der Waals surface area contributed by atoms with Gasteiger partial charge in [0, 0.05) is 72.1 Å². The van der Waals surface area contributed by atoms with Gasteiger partial charge in [-0.05, 0) is 55.7 Å². The number of rotatable bonds is 6. The number of hydrogen-bond donors (Lipinski definition) is 1. The number of urea groups is 1. The summed E-state index contributed by atoms with van der Waals surface area (Å²) in [5.41, 5.74) is 5.40. The van der Waals surface area contributed by atoms with Crippen molar-refractivity contribution in [3.63, 3.8) is 0 Å². The molecule has 0 radical (unpaired) electrons. The molecule has 3 aromatic rings. The molecule has 0 aliphatic carbocycles. The third-order valence-corrected chi connectivity index (χ3v) is 9.10. The van der Waals surface area contributed by atoms with Crippen LogP contribution in [0.3, 0.4) is 0 Å². The average Bonchev–Trinajstić information content (AvgIpc) is 3.50. The van der Waals surface area contributed by atoms with E-state index in [9.17, 15) is 9.59 Å². The molecule has 3 aliphatic heterocycles. The molecule has 0 aromatic heterocycles. The zero-order chi connectivity index (χ0) is 27.4. The van der Waals surface area contributed by atoms with Crippen molar-refractivity contribution in [2.75, 3.05) is 18.0 Å². The van der Waals surface area contributed by atoms with Crippen LogP contribution in [0.15, 0.2) is 48.5 Å². The number of aldehydes is 1. The van der Waals surface area contributed by atoms with Gasteiger partial charge in [-0.3, -0.25) is 19.5 Å². The highest BCUT2D eigenvalue weighted by atomic mass is 35.5. The van der Waals surface area contributed by atoms with Crippen LogP contribution in [-0.4, -0.2) is 53.3 Å². The van der Waals surface area contributed by atoms with Crippen LogP contribution in [0.1, 0.15) is 41.8 Å². The monoisotopic (exact) mass is 583 g/mol. The number of amides is 2. The molecule has 202 valence electrons. The van der Waals surface area contributed by atoms with E-state index in [0.29, 0.717) is 52.3 Å². The van der Waals surface area contributed by atoms with Gasteiger partial charge in [-0.2, -0.15) is 0 Å². The second kappa shape index (κ2) is 10.4. The number of piperazine rings is 1. The molecule has 2 atom stereocenters. The third-order valence-electron chi connectivity index (χ3n) is 8.17. The van der Waals surface area contributed by atoms with Crippen molar-refractivity contribution in [2.24, 2.45) is 0 Å². The molecule has 9 heteroatoms. The summed E-state index contributed by atoms with van der Waals surface area (Å²) >= 11 is 19.0. The van der Waals surface area contributed by atoms with Crippen molar-refractivity contribution >= 4 is 46.9 Å². The lowest BCUT2D eigenvalue weighted by Crippen LogP contribution is -2.48. The average molecular weight is 585 g/mol. The summed E-state index contributed by atoms with van der Waals surface area (Å²) in [7, 11) is 0. The van der Waals surface area contributed by atoms with Crippen molar-refractivity contribution in [3.8, 4) is 11.1 Å². The second-order valence-corrected chi connectivity index (χ2v) is 12.1. The maximum absolute atomic E-state index is 13.4. The van der Waals surface area contributed by atoms with Gasteiger partial charge in [-0.15, -0.1) is 0 Å². The Morgan fingerprint density at radius 3 is 2.51 bits per heavy atom. The molecule has 3 aromatic carbocycles. The van der Waals surface area contributed by atoms with Gasteiger partial charge in [-0.1, -0.05) is 41.4 Å². The first kappa shape index (κ1) is 26.6. The number of carbonyl (C=O) groups is 2. The van der Waals surface area contributed by atoms with Crippen LogP contribution in [0, 0.1) is 11.6 Å². The Labute approximate surface area is 243 Å². The SMILES string of the molecule is CC(C)N1CC2CC1CN2Cc1cc(-c2ccccc2Cl)c2c(c1)N(c1c(Cl)cc(C=O)cc1[ClH+])C(=O)NC2. The van der Waals surface area contributed by atoms with Crippen LogP contribution in [0.25, 0.3) is 11.1 Å². The molecule has 2 saturated heterocycles. The number of nitrogens with zero attached hydrogens (tertiary/aromatic N) is 3. The largest absolute Gasteiger partial charge is 0.333 e. The van der Waals surface area contributed by atoms with E-state index in [0.717, 1.165) is 47.6 Å². The Hall–Kier alpha value is -2.61. The fraction of sp³-hybridized carbons (Fsp3) is 0.333. The molecule has 6 nitrogen and oxygen atoms in total. The maximum Gasteiger partial charge on any atom is 0.327 e. The standard InChI is InChI=1S/C30H29Cl3N4O2/c1-17(2)36-15-20-11-21(36)14-35(20)13-18-7-23(22-5-3-4-6-25(22)31)24-12-34-30(39)37(28(24)10-18)29-26(32)8-19(16-38)9-27(29)33/h3-10,16-17,20-21,32H,11-15H2,1-2H3/p+1. The minimum atomic E-state index is -0.315. The quantitative estimate of drug-likeness (QED) is 0.351. The van der Waals surface area contributed by atoms with E-state index in [1.165, 1.54) is 6.42 Å². The summed E-state index contributed by atoms with van der Waals surface area (Å²) in [6.07, 6.45) is 1.89. The molecule has 6 rings (SSSR count). The molecule has 1 N–H and O–H groups in total. The Balaban J connectivity index is 1.47. The lowest BCUT2D eigenvalue weighted by Gasteiger charge is -2.37. The molecule has 3 aliphatic rings. The minimum absolute atomic E-state index is 0.253. The summed E-state index contributed by atoms with van der Waals surface area (Å²) in [4.78, 5) is 31.5. The number of anilines is 2. The molecular formula is C30H30Cl3N4O2+. The smallest absolute Gasteiger partial charge is 0.327 e. The number of carbonyl (C=O) groups excluding carboxylic acids is 2. The van der Waals surface area contributed by atoms with Gasteiger partial charge in [0.15, 0.2) is 11.6 Å². The fourth-order valence-electron chi connectivity index (χ4n) is 6.41. The van der Waals surface area contributed by atoms with E-state index in [1.807, 2.05) is 24.3 Å². The van der Waals surface area contributed by atoms with Gasteiger partial charge in [-0.25, -0.2) is 4.79 Å². The molecule has 2 fully saturated rings. The van der Waals surface area contributed by atoms with Gasteiger partial charge in [0.25, 0.3) is 5.02 Å². The highest BCUT2D eigenvalue weighted by Crippen LogP contribution is 2.45. The van der Waals surface area contributed by atoms with Gasteiger partial charge < -0.3 is 5.32 Å². The summed E-state index contributed by atoms with van der Waals surface area (Å²) in [5.74, 6) is 0. The Bertz CT molecular complexity index is 1450. The predicted octanol–water partition coefficient (Wildman–Crippen LogP) is 6.20. The van der Waals surface area contributed by atoms with E-state index in [1.54, 1.807) is 17.0 Å². The molecule has 0 saturated carbocycles. The van der Waals surface area contributed by atoms with Gasteiger partial charge in [0.1, 0.15) is 12.0 Å². The van der Waals surface area contributed by atoms with Crippen LogP contribution < -0.4 is 10.2 Å². The number of hydrogen-bond acceptors (Lipinski definition) is 4. The van der Waals surface area contributed by atoms with Crippen LogP contribution >= 0.6 is 23.2 Å². The van der Waals surface area contributed by atoms with Crippen LogP contribution in [0.2, 0.25) is 15.1 Å². The Morgan fingerprint density at radius 1 is 1.05 bits per heavy atom. The van der Waals surface area contributed by atoms with E-state index in [-0.39, 0.29) is 11.1 Å². The van der Waals surface area contributed by atoms with Crippen molar-refractivity contribution in [1.29, 1.82) is 0 Å². The number of nitrogens with one attached hydrogen (secondary N) is 1. The minimum Gasteiger partial charge on any atom is -0.333 e. The molecule has 39 heavy (non-hydrogen) atoms. The lowest BCUT2D eigenvalue weighted by atomic mass is 9.93. The highest BCUT2D eigenvalue weighted by molar-refractivity contribution is 6.35. The number of benzene rings is 3. The first-order valence-corrected chi connectivity index (χ1v) is 14.4. The van der Waals surface area contributed by atoms with Crippen molar-refractivity contribution in [2.45, 2.75) is 51.5 Å². The van der Waals surface area contributed by atoms with E-state index in [4.69, 9.17) is 34.8 Å². The highest BCUT2D eigenvalue weighted by Gasteiger charge is 2.44. The summed E-state index contributed by atoms with van der Waals surface area (Å²) in [5, 5.41) is 4.22. The van der Waals surface area contributed by atoms with E-state index < -0.39 is 0 Å². The first-order chi connectivity index (χ1) is 18.7. The van der Waals surface area contributed by atoms with E-state index >= 15 is 0 Å². The number of fused-ring (bicyclic) bond motifs is 3. The zero-order valence-electron chi connectivity index (χ0n) is 21.8. The number of likely N-dealkylation sites (tertiary alicyclic amines) is 2. The predicted molar refractivity (Wildman–Crippen MR) is 153 cm³/mol. The summed E-state index contributed by atoms with van der Waals surface area (Å²) in [6, 6.07) is 16.5. The summed E-state index contributed by atoms with van der Waals surface area (Å²) in [6.45, 7) is 7.76. The zero-order valence-corrected chi connectivity index (χ0v) is 24.1. The van der Waals surface area contributed by atoms with E-state index in [2.05, 4.69) is 41.1 Å². The maximum atomic E-state index is 13.4. The lowest BCUT2D eigenvalue weighted by molar-refractivity contribution is -0.287. The molecule has 2 amide bonds. The third kappa shape index (κ3) is 4.72. The van der Waals surface area contributed by atoms with Crippen molar-refractivity contribution in [3.05, 3.63) is 80.3 Å². The molecule has 3 heterocycles. The number of halogens is 3. The van der Waals surface area contributed by atoms with Crippen molar-refractivity contribution in [1.82, 2.24) is 15.1 Å². The Kier molecular flexibility index (Phi) is 7.11. The van der Waals surface area contributed by atoms with Crippen LogP contribution in [0.5, 0.6) is 0 Å².